The maximum Gasteiger partial charge on any atom is 0.253 e. The van der Waals surface area contributed by atoms with Gasteiger partial charge in [-0.1, -0.05) is 13.8 Å². The monoisotopic (exact) mass is 547 g/mol. The second-order valence-electron chi connectivity index (χ2n) is 9.58. The maximum atomic E-state index is 13.8. The zero-order valence-electron chi connectivity index (χ0n) is 23.1. The number of benzene rings is 2. The van der Waals surface area contributed by atoms with Crippen molar-refractivity contribution in [1.29, 1.82) is 0 Å². The number of ether oxygens (including phenoxy) is 1. The summed E-state index contributed by atoms with van der Waals surface area (Å²) >= 11 is 0. The summed E-state index contributed by atoms with van der Waals surface area (Å²) in [5, 5.41) is 16.2. The van der Waals surface area contributed by atoms with Crippen LogP contribution in [-0.4, -0.2) is 73.2 Å². The molecule has 0 aliphatic rings. The zero-order chi connectivity index (χ0) is 28.9. The summed E-state index contributed by atoms with van der Waals surface area (Å²) in [5.74, 6) is -2.64. The summed E-state index contributed by atoms with van der Waals surface area (Å²) in [6.07, 6.45) is 0.456. The number of rotatable bonds is 15. The van der Waals surface area contributed by atoms with E-state index in [1.807, 2.05) is 13.8 Å². The molecule has 3 N–H and O–H groups in total. The van der Waals surface area contributed by atoms with E-state index in [9.17, 15) is 28.3 Å². The third-order valence-electron chi connectivity index (χ3n) is 6.06. The van der Waals surface area contributed by atoms with Gasteiger partial charge < -0.3 is 25.4 Å². The molecule has 0 saturated carbocycles. The molecule has 2 atom stereocenters. The molecule has 0 saturated heterocycles. The second-order valence-corrected chi connectivity index (χ2v) is 9.58. The Bertz CT molecular complexity index is 1100. The summed E-state index contributed by atoms with van der Waals surface area (Å²) in [6, 6.07) is 6.94. The molecular formula is C29H39F2N3O5. The minimum atomic E-state index is -1.15. The highest BCUT2D eigenvalue weighted by atomic mass is 19.1. The lowest BCUT2D eigenvalue weighted by Crippen LogP contribution is -2.46. The van der Waals surface area contributed by atoms with Crippen LogP contribution in [0.2, 0.25) is 0 Å². The predicted molar refractivity (Wildman–Crippen MR) is 144 cm³/mol. The van der Waals surface area contributed by atoms with Crippen LogP contribution in [0.5, 0.6) is 0 Å². The number of methoxy groups -OCH3 is 1. The first kappa shape index (κ1) is 31.8. The van der Waals surface area contributed by atoms with Crippen molar-refractivity contribution in [2.45, 2.75) is 58.6 Å². The predicted octanol–water partition coefficient (Wildman–Crippen LogP) is 3.39. The highest BCUT2D eigenvalue weighted by Gasteiger charge is 2.24. The molecule has 0 bridgehead atoms. The largest absolute Gasteiger partial charge is 0.391 e. The number of carbonyl (C=O) groups excluding carboxylic acids is 3. The maximum absolute atomic E-state index is 13.8. The number of carbonyl (C=O) groups is 3. The second kappa shape index (κ2) is 15.9. The number of aliphatic hydroxyl groups excluding tert-OH is 1. The normalized spacial score (nSPS) is 12.5. The molecule has 2 rings (SSSR count). The van der Waals surface area contributed by atoms with Crippen molar-refractivity contribution in [3.63, 3.8) is 0 Å². The van der Waals surface area contributed by atoms with Crippen LogP contribution in [-0.2, 0) is 16.0 Å². The summed E-state index contributed by atoms with van der Waals surface area (Å²) in [7, 11) is 1.38. The zero-order valence-corrected chi connectivity index (χ0v) is 23.1. The molecule has 0 unspecified atom stereocenters. The number of hydrogen-bond acceptors (Lipinski definition) is 5. The van der Waals surface area contributed by atoms with Gasteiger partial charge in [0.1, 0.15) is 18.2 Å². The third kappa shape index (κ3) is 10.4. The molecule has 0 radical (unpaired) electrons. The van der Waals surface area contributed by atoms with E-state index in [2.05, 4.69) is 10.6 Å². The van der Waals surface area contributed by atoms with E-state index in [0.717, 1.165) is 31.0 Å². The third-order valence-corrected chi connectivity index (χ3v) is 6.06. The van der Waals surface area contributed by atoms with Gasteiger partial charge >= 0.3 is 0 Å². The van der Waals surface area contributed by atoms with Gasteiger partial charge in [-0.3, -0.25) is 14.4 Å². The van der Waals surface area contributed by atoms with Crippen LogP contribution < -0.4 is 10.6 Å². The van der Waals surface area contributed by atoms with Crippen LogP contribution in [0.25, 0.3) is 0 Å². The van der Waals surface area contributed by atoms with Crippen LogP contribution in [0.1, 0.15) is 65.0 Å². The molecule has 0 aromatic heterocycles. The molecular weight excluding hydrogens is 508 g/mol. The van der Waals surface area contributed by atoms with Gasteiger partial charge in [-0.05, 0) is 74.1 Å². The Morgan fingerprint density at radius 3 is 2.18 bits per heavy atom. The van der Waals surface area contributed by atoms with E-state index in [1.54, 1.807) is 24.0 Å². The van der Waals surface area contributed by atoms with Crippen LogP contribution in [0, 0.1) is 18.6 Å². The number of hydrogen-bond donors (Lipinski definition) is 3. The highest BCUT2D eigenvalue weighted by Crippen LogP contribution is 2.16. The lowest BCUT2D eigenvalue weighted by Gasteiger charge is -2.25. The number of nitrogens with one attached hydrogen (secondary N) is 2. The van der Waals surface area contributed by atoms with E-state index in [-0.39, 0.29) is 48.9 Å². The average Bonchev–Trinajstić information content (AvgIpc) is 2.86. The fourth-order valence-corrected chi connectivity index (χ4v) is 4.34. The quantitative estimate of drug-likeness (QED) is 0.317. The molecule has 0 aliphatic heterocycles. The van der Waals surface area contributed by atoms with Crippen LogP contribution >= 0.6 is 0 Å². The molecule has 0 heterocycles. The van der Waals surface area contributed by atoms with Crippen molar-refractivity contribution in [3.05, 3.63) is 70.3 Å². The fraction of sp³-hybridized carbons (Fsp3) is 0.483. The fourth-order valence-electron chi connectivity index (χ4n) is 4.34. The Morgan fingerprint density at radius 1 is 0.974 bits per heavy atom. The molecule has 0 spiro atoms. The number of amides is 3. The van der Waals surface area contributed by atoms with Crippen molar-refractivity contribution >= 4 is 17.7 Å². The van der Waals surface area contributed by atoms with Crippen LogP contribution in [0.15, 0.2) is 36.4 Å². The SMILES string of the molecule is CCCN(CCC)C(=O)c1cc(C)cc(C(=O)N[C@@H](Cc2cc(F)cc(F)c2)[C@H](O)CCNC(=O)COC)c1. The van der Waals surface area contributed by atoms with E-state index in [1.165, 1.54) is 13.2 Å². The molecule has 214 valence electrons. The van der Waals surface area contributed by atoms with Crippen molar-refractivity contribution in [3.8, 4) is 0 Å². The van der Waals surface area contributed by atoms with Gasteiger partial charge in [-0.25, -0.2) is 8.78 Å². The lowest BCUT2D eigenvalue weighted by molar-refractivity contribution is -0.124. The number of aryl methyl sites for hydroxylation is 1. The number of aliphatic hydroxyl groups is 1. The summed E-state index contributed by atoms with van der Waals surface area (Å²) in [6.45, 7) is 6.92. The molecule has 3 amide bonds. The van der Waals surface area contributed by atoms with E-state index < -0.39 is 29.7 Å². The Hall–Kier alpha value is -3.37. The standard InChI is InChI=1S/C29H39F2N3O5/c1-5-9-34(10-6-2)29(38)22-12-19(3)11-21(16-22)28(37)33-25(15-20-13-23(30)17-24(31)14-20)26(35)7-8-32-27(36)18-39-4/h11-14,16-17,25-26,35H,5-10,15,18H2,1-4H3,(H,32,36)(H,33,37)/t25-,26+/m0/s1. The minimum Gasteiger partial charge on any atom is -0.391 e. The molecule has 10 heteroatoms. The van der Waals surface area contributed by atoms with Crippen molar-refractivity contribution in [1.82, 2.24) is 15.5 Å². The summed E-state index contributed by atoms with van der Waals surface area (Å²) in [4.78, 5) is 39.9. The van der Waals surface area contributed by atoms with Gasteiger partial charge in [0.25, 0.3) is 11.8 Å². The van der Waals surface area contributed by atoms with Crippen LogP contribution in [0.3, 0.4) is 0 Å². The van der Waals surface area contributed by atoms with E-state index in [0.29, 0.717) is 24.2 Å². The van der Waals surface area contributed by atoms with E-state index >= 15 is 0 Å². The Labute approximate surface area is 228 Å². The number of nitrogens with zero attached hydrogens (tertiary/aromatic N) is 1. The molecule has 8 nitrogen and oxygen atoms in total. The van der Waals surface area contributed by atoms with Crippen molar-refractivity contribution < 1.29 is 33.0 Å². The molecule has 0 fully saturated rings. The summed E-state index contributed by atoms with van der Waals surface area (Å²) in [5.41, 5.74) is 1.56. The van der Waals surface area contributed by atoms with Gasteiger partial charge in [0.05, 0.1) is 12.1 Å². The van der Waals surface area contributed by atoms with Crippen molar-refractivity contribution in [2.75, 3.05) is 33.4 Å². The van der Waals surface area contributed by atoms with Gasteiger partial charge in [0.2, 0.25) is 5.91 Å². The topological polar surface area (TPSA) is 108 Å². The van der Waals surface area contributed by atoms with Crippen LogP contribution in [0.4, 0.5) is 8.78 Å². The van der Waals surface area contributed by atoms with Crippen molar-refractivity contribution in [2.24, 2.45) is 0 Å². The Kier molecular flexibility index (Phi) is 13.0. The summed E-state index contributed by atoms with van der Waals surface area (Å²) < 4.78 is 32.4. The van der Waals surface area contributed by atoms with Gasteiger partial charge in [-0.15, -0.1) is 0 Å². The minimum absolute atomic E-state index is 0.0635. The average molecular weight is 548 g/mol. The van der Waals surface area contributed by atoms with Gasteiger partial charge in [-0.2, -0.15) is 0 Å². The molecule has 2 aromatic rings. The first-order valence-electron chi connectivity index (χ1n) is 13.2. The van der Waals surface area contributed by atoms with Gasteiger partial charge in [0, 0.05) is 43.9 Å². The smallest absolute Gasteiger partial charge is 0.253 e. The van der Waals surface area contributed by atoms with Gasteiger partial charge in [0.15, 0.2) is 0 Å². The lowest BCUT2D eigenvalue weighted by atomic mass is 9.97. The first-order valence-corrected chi connectivity index (χ1v) is 13.2. The Balaban J connectivity index is 2.27. The Morgan fingerprint density at radius 2 is 1.59 bits per heavy atom. The molecule has 0 aliphatic carbocycles. The highest BCUT2D eigenvalue weighted by molar-refractivity contribution is 6.00. The molecule has 2 aromatic carbocycles. The molecule has 39 heavy (non-hydrogen) atoms. The first-order chi connectivity index (χ1) is 18.6. The van der Waals surface area contributed by atoms with E-state index in [4.69, 9.17) is 4.74 Å². The number of halogens is 2.